The molecule has 5 heteroatoms. The van der Waals surface area contributed by atoms with Gasteiger partial charge in [0.25, 0.3) is 0 Å². The SMILES string of the molecule is Cn1nc(-c2ccc(CN3CCCCC3)c(F)c2)cc1N. The number of nitrogens with zero attached hydrogens (tertiary/aromatic N) is 3. The predicted molar refractivity (Wildman–Crippen MR) is 82.1 cm³/mol. The van der Waals surface area contributed by atoms with Gasteiger partial charge in [-0.15, -0.1) is 0 Å². The summed E-state index contributed by atoms with van der Waals surface area (Å²) < 4.78 is 15.9. The number of anilines is 1. The summed E-state index contributed by atoms with van der Waals surface area (Å²) in [5.41, 5.74) is 8.00. The van der Waals surface area contributed by atoms with Crippen LogP contribution in [0.15, 0.2) is 24.3 Å². The van der Waals surface area contributed by atoms with Gasteiger partial charge in [-0.1, -0.05) is 18.6 Å². The lowest BCUT2D eigenvalue weighted by molar-refractivity contribution is 0.218. The highest BCUT2D eigenvalue weighted by Crippen LogP contribution is 2.23. The molecule has 0 amide bonds. The van der Waals surface area contributed by atoms with E-state index < -0.39 is 0 Å². The molecule has 2 heterocycles. The Morgan fingerprint density at radius 1 is 1.19 bits per heavy atom. The van der Waals surface area contributed by atoms with Crippen LogP contribution < -0.4 is 5.73 Å². The number of hydrogen-bond acceptors (Lipinski definition) is 3. The number of rotatable bonds is 3. The maximum atomic E-state index is 14.3. The first-order valence-electron chi connectivity index (χ1n) is 7.44. The highest BCUT2D eigenvalue weighted by molar-refractivity contribution is 5.62. The summed E-state index contributed by atoms with van der Waals surface area (Å²) in [4.78, 5) is 2.32. The molecule has 1 aromatic carbocycles. The van der Waals surface area contributed by atoms with Crippen molar-refractivity contribution in [1.82, 2.24) is 14.7 Å². The first-order chi connectivity index (χ1) is 10.1. The van der Waals surface area contributed by atoms with E-state index in [1.165, 1.54) is 19.3 Å². The molecule has 0 unspecified atom stereocenters. The molecule has 1 aliphatic heterocycles. The van der Waals surface area contributed by atoms with E-state index in [0.29, 0.717) is 18.1 Å². The first kappa shape index (κ1) is 14.1. The maximum Gasteiger partial charge on any atom is 0.128 e. The summed E-state index contributed by atoms with van der Waals surface area (Å²) in [5.74, 6) is 0.407. The van der Waals surface area contributed by atoms with Crippen LogP contribution in [0.25, 0.3) is 11.3 Å². The highest BCUT2D eigenvalue weighted by Gasteiger charge is 2.14. The number of hydrogen-bond donors (Lipinski definition) is 1. The second kappa shape index (κ2) is 5.85. The van der Waals surface area contributed by atoms with Gasteiger partial charge in [-0.25, -0.2) is 4.39 Å². The van der Waals surface area contributed by atoms with Gasteiger partial charge in [0, 0.05) is 30.8 Å². The van der Waals surface area contributed by atoms with Gasteiger partial charge in [-0.2, -0.15) is 5.10 Å². The zero-order valence-electron chi connectivity index (χ0n) is 12.3. The van der Waals surface area contributed by atoms with Gasteiger partial charge in [-0.3, -0.25) is 9.58 Å². The highest BCUT2D eigenvalue weighted by atomic mass is 19.1. The van der Waals surface area contributed by atoms with Gasteiger partial charge in [0.15, 0.2) is 0 Å². The second-order valence-corrected chi connectivity index (χ2v) is 5.72. The number of halogens is 1. The number of likely N-dealkylation sites (tertiary alicyclic amines) is 1. The van der Waals surface area contributed by atoms with Crippen LogP contribution in [0.4, 0.5) is 10.2 Å². The third kappa shape index (κ3) is 3.08. The summed E-state index contributed by atoms with van der Waals surface area (Å²) >= 11 is 0. The van der Waals surface area contributed by atoms with Gasteiger partial charge in [0.1, 0.15) is 11.6 Å². The van der Waals surface area contributed by atoms with Crippen molar-refractivity contribution in [1.29, 1.82) is 0 Å². The van der Waals surface area contributed by atoms with Crippen LogP contribution in [-0.2, 0) is 13.6 Å². The fourth-order valence-electron chi connectivity index (χ4n) is 2.82. The minimum atomic E-state index is -0.165. The van der Waals surface area contributed by atoms with Crippen LogP contribution in [0.1, 0.15) is 24.8 Å². The average molecular weight is 288 g/mol. The molecule has 0 aliphatic carbocycles. The van der Waals surface area contributed by atoms with Gasteiger partial charge >= 0.3 is 0 Å². The van der Waals surface area contributed by atoms with Crippen molar-refractivity contribution in [2.45, 2.75) is 25.8 Å². The van der Waals surface area contributed by atoms with E-state index in [9.17, 15) is 4.39 Å². The smallest absolute Gasteiger partial charge is 0.128 e. The van der Waals surface area contributed by atoms with E-state index in [1.807, 2.05) is 12.1 Å². The second-order valence-electron chi connectivity index (χ2n) is 5.72. The molecule has 1 fully saturated rings. The Morgan fingerprint density at radius 3 is 2.57 bits per heavy atom. The molecular weight excluding hydrogens is 267 g/mol. The molecule has 0 radical (unpaired) electrons. The molecule has 2 aromatic rings. The van der Waals surface area contributed by atoms with Crippen LogP contribution in [0.2, 0.25) is 0 Å². The van der Waals surface area contributed by atoms with Crippen LogP contribution in [0, 0.1) is 5.82 Å². The molecule has 1 saturated heterocycles. The van der Waals surface area contributed by atoms with Gasteiger partial charge < -0.3 is 5.73 Å². The third-order valence-corrected chi connectivity index (χ3v) is 4.11. The topological polar surface area (TPSA) is 47.1 Å². The number of nitrogen functional groups attached to an aromatic ring is 1. The Bertz CT molecular complexity index is 610. The minimum Gasteiger partial charge on any atom is -0.384 e. The van der Waals surface area contributed by atoms with Crippen molar-refractivity contribution in [3.63, 3.8) is 0 Å². The van der Waals surface area contributed by atoms with E-state index in [4.69, 9.17) is 5.73 Å². The van der Waals surface area contributed by atoms with E-state index >= 15 is 0 Å². The van der Waals surface area contributed by atoms with Crippen LogP contribution in [0.5, 0.6) is 0 Å². The number of benzene rings is 1. The summed E-state index contributed by atoms with van der Waals surface area (Å²) in [5, 5.41) is 4.28. The number of piperidine rings is 1. The predicted octanol–water partition coefficient (Wildman–Crippen LogP) is 2.79. The zero-order chi connectivity index (χ0) is 14.8. The van der Waals surface area contributed by atoms with Crippen LogP contribution >= 0.6 is 0 Å². The fourth-order valence-corrected chi connectivity index (χ4v) is 2.82. The lowest BCUT2D eigenvalue weighted by Crippen LogP contribution is -2.29. The van der Waals surface area contributed by atoms with Crippen LogP contribution in [-0.4, -0.2) is 27.8 Å². The van der Waals surface area contributed by atoms with E-state index in [0.717, 1.165) is 24.2 Å². The van der Waals surface area contributed by atoms with Crippen molar-refractivity contribution in [3.05, 3.63) is 35.6 Å². The number of aryl methyl sites for hydroxylation is 1. The van der Waals surface area contributed by atoms with Crippen molar-refractivity contribution < 1.29 is 4.39 Å². The number of nitrogens with two attached hydrogens (primary N) is 1. The molecule has 4 nitrogen and oxygen atoms in total. The van der Waals surface area contributed by atoms with E-state index in [2.05, 4.69) is 10.00 Å². The zero-order valence-corrected chi connectivity index (χ0v) is 12.3. The van der Waals surface area contributed by atoms with E-state index in [-0.39, 0.29) is 5.82 Å². The lowest BCUT2D eigenvalue weighted by Gasteiger charge is -2.26. The first-order valence-corrected chi connectivity index (χ1v) is 7.44. The largest absolute Gasteiger partial charge is 0.384 e. The monoisotopic (exact) mass is 288 g/mol. The summed E-state index contributed by atoms with van der Waals surface area (Å²) in [6, 6.07) is 7.11. The molecule has 1 aromatic heterocycles. The Kier molecular flexibility index (Phi) is 3.92. The third-order valence-electron chi connectivity index (χ3n) is 4.11. The van der Waals surface area contributed by atoms with Crippen LogP contribution in [0.3, 0.4) is 0 Å². The molecule has 0 atom stereocenters. The normalized spacial score (nSPS) is 16.3. The molecule has 21 heavy (non-hydrogen) atoms. The molecule has 2 N–H and O–H groups in total. The molecule has 112 valence electrons. The summed E-state index contributed by atoms with van der Waals surface area (Å²) in [6.45, 7) is 2.83. The van der Waals surface area contributed by atoms with Gasteiger partial charge in [0.05, 0.1) is 5.69 Å². The molecule has 0 saturated carbocycles. The Morgan fingerprint density at radius 2 is 1.95 bits per heavy atom. The number of aromatic nitrogens is 2. The van der Waals surface area contributed by atoms with Crippen molar-refractivity contribution in [2.75, 3.05) is 18.8 Å². The Balaban J connectivity index is 1.79. The summed E-state index contributed by atoms with van der Waals surface area (Å²) in [6.07, 6.45) is 3.72. The van der Waals surface area contributed by atoms with Crippen molar-refractivity contribution >= 4 is 5.82 Å². The fraction of sp³-hybridized carbons (Fsp3) is 0.438. The van der Waals surface area contributed by atoms with Crippen molar-refractivity contribution in [3.8, 4) is 11.3 Å². The van der Waals surface area contributed by atoms with Gasteiger partial charge in [0.2, 0.25) is 0 Å². The Labute approximate surface area is 124 Å². The quantitative estimate of drug-likeness (QED) is 0.944. The lowest BCUT2D eigenvalue weighted by atomic mass is 10.1. The molecule has 0 bridgehead atoms. The standard InChI is InChI=1S/C16H21FN4/c1-20-16(18)10-15(19-20)12-5-6-13(14(17)9-12)11-21-7-3-2-4-8-21/h5-6,9-10H,2-4,7-8,11,18H2,1H3. The molecule has 1 aliphatic rings. The van der Waals surface area contributed by atoms with Gasteiger partial charge in [-0.05, 0) is 32.0 Å². The minimum absolute atomic E-state index is 0.165. The molecular formula is C16H21FN4. The summed E-state index contributed by atoms with van der Waals surface area (Å²) in [7, 11) is 1.78. The van der Waals surface area contributed by atoms with E-state index in [1.54, 1.807) is 23.9 Å². The van der Waals surface area contributed by atoms with Crippen molar-refractivity contribution in [2.24, 2.45) is 7.05 Å². The maximum absolute atomic E-state index is 14.3. The molecule has 3 rings (SSSR count). The molecule has 0 spiro atoms. The average Bonchev–Trinajstić information content (AvgIpc) is 2.82. The Hall–Kier alpha value is -1.88.